The van der Waals surface area contributed by atoms with Crippen molar-refractivity contribution in [1.82, 2.24) is 0 Å². The van der Waals surface area contributed by atoms with Crippen molar-refractivity contribution in [3.8, 4) is 0 Å². The van der Waals surface area contributed by atoms with Crippen molar-refractivity contribution < 1.29 is 14.2 Å². The van der Waals surface area contributed by atoms with Crippen LogP contribution in [0.25, 0.3) is 0 Å². The van der Waals surface area contributed by atoms with E-state index in [0.717, 1.165) is 38.0 Å². The minimum Gasteiger partial charge on any atom is -0.396 e. The SMILES string of the molecule is CN(c1ccc(F)cc1)C1CCC(CO)C2OCCCC21. The summed E-state index contributed by atoms with van der Waals surface area (Å²) in [6, 6.07) is 7.11. The van der Waals surface area contributed by atoms with Crippen LogP contribution in [-0.2, 0) is 4.74 Å². The van der Waals surface area contributed by atoms with E-state index in [1.54, 1.807) is 0 Å². The first-order valence-corrected chi connectivity index (χ1v) is 7.91. The molecule has 2 aliphatic rings. The van der Waals surface area contributed by atoms with Gasteiger partial charge in [-0.2, -0.15) is 0 Å². The van der Waals surface area contributed by atoms with Crippen molar-refractivity contribution in [2.45, 2.75) is 37.8 Å². The van der Waals surface area contributed by atoms with Gasteiger partial charge in [0.1, 0.15) is 5.82 Å². The molecule has 3 nitrogen and oxygen atoms in total. The average Bonchev–Trinajstić information content (AvgIpc) is 2.54. The van der Waals surface area contributed by atoms with Gasteiger partial charge in [0.05, 0.1) is 6.10 Å². The van der Waals surface area contributed by atoms with E-state index < -0.39 is 0 Å². The molecule has 3 rings (SSSR count). The molecule has 0 radical (unpaired) electrons. The third-order valence-electron chi connectivity index (χ3n) is 5.17. The van der Waals surface area contributed by atoms with Crippen LogP contribution in [0.4, 0.5) is 10.1 Å². The summed E-state index contributed by atoms with van der Waals surface area (Å²) in [6.45, 7) is 1.03. The Balaban J connectivity index is 1.79. The summed E-state index contributed by atoms with van der Waals surface area (Å²) < 4.78 is 19.1. The summed E-state index contributed by atoms with van der Waals surface area (Å²) in [4.78, 5) is 2.26. The molecule has 1 aliphatic heterocycles. The first kappa shape index (κ1) is 14.8. The molecule has 116 valence electrons. The molecule has 1 saturated heterocycles. The van der Waals surface area contributed by atoms with Gasteiger partial charge in [0.2, 0.25) is 0 Å². The summed E-state index contributed by atoms with van der Waals surface area (Å²) in [7, 11) is 2.09. The lowest BCUT2D eigenvalue weighted by Gasteiger charge is -2.48. The van der Waals surface area contributed by atoms with Crippen LogP contribution >= 0.6 is 0 Å². The Morgan fingerprint density at radius 2 is 2.00 bits per heavy atom. The number of benzene rings is 1. The Kier molecular flexibility index (Phi) is 4.45. The summed E-state index contributed by atoms with van der Waals surface area (Å²) >= 11 is 0. The molecule has 1 heterocycles. The lowest BCUT2D eigenvalue weighted by Crippen LogP contribution is -2.53. The van der Waals surface area contributed by atoms with E-state index in [0.29, 0.717) is 12.0 Å². The Hall–Kier alpha value is -1.13. The van der Waals surface area contributed by atoms with Gasteiger partial charge in [0.25, 0.3) is 0 Å². The highest BCUT2D eigenvalue weighted by atomic mass is 19.1. The number of nitrogens with zero attached hydrogens (tertiary/aromatic N) is 1. The minimum absolute atomic E-state index is 0.172. The number of rotatable bonds is 3. The van der Waals surface area contributed by atoms with E-state index in [-0.39, 0.29) is 24.4 Å². The zero-order valence-electron chi connectivity index (χ0n) is 12.5. The van der Waals surface area contributed by atoms with Crippen LogP contribution in [0.3, 0.4) is 0 Å². The number of halogens is 1. The Morgan fingerprint density at radius 3 is 2.71 bits per heavy atom. The normalized spacial score (nSPS) is 32.5. The van der Waals surface area contributed by atoms with Crippen molar-refractivity contribution in [1.29, 1.82) is 0 Å². The van der Waals surface area contributed by atoms with Gasteiger partial charge in [-0.05, 0) is 49.9 Å². The molecule has 1 aliphatic carbocycles. The van der Waals surface area contributed by atoms with E-state index in [2.05, 4.69) is 11.9 Å². The second kappa shape index (κ2) is 6.32. The molecule has 0 amide bonds. The Morgan fingerprint density at radius 1 is 1.24 bits per heavy atom. The van der Waals surface area contributed by atoms with Gasteiger partial charge >= 0.3 is 0 Å². The molecule has 4 heteroatoms. The van der Waals surface area contributed by atoms with Crippen LogP contribution in [0.15, 0.2) is 24.3 Å². The average molecular weight is 293 g/mol. The molecule has 1 aromatic rings. The summed E-state index contributed by atoms with van der Waals surface area (Å²) in [5, 5.41) is 9.57. The maximum atomic E-state index is 13.1. The number of hydrogen-bond donors (Lipinski definition) is 1. The maximum Gasteiger partial charge on any atom is 0.123 e. The van der Waals surface area contributed by atoms with Crippen LogP contribution in [0.5, 0.6) is 0 Å². The Labute approximate surface area is 125 Å². The molecule has 1 saturated carbocycles. The number of ether oxygens (including phenoxy) is 1. The van der Waals surface area contributed by atoms with Gasteiger partial charge in [-0.1, -0.05) is 0 Å². The Bertz CT molecular complexity index is 464. The molecule has 4 atom stereocenters. The van der Waals surface area contributed by atoms with Crippen molar-refractivity contribution >= 4 is 5.69 Å². The molecular formula is C17H24FNO2. The van der Waals surface area contributed by atoms with Crippen LogP contribution in [-0.4, -0.2) is 37.5 Å². The van der Waals surface area contributed by atoms with E-state index in [9.17, 15) is 9.50 Å². The van der Waals surface area contributed by atoms with Crippen molar-refractivity contribution in [2.24, 2.45) is 11.8 Å². The van der Waals surface area contributed by atoms with Crippen molar-refractivity contribution in [2.75, 3.05) is 25.2 Å². The molecule has 0 spiro atoms. The number of aliphatic hydroxyl groups is 1. The van der Waals surface area contributed by atoms with Crippen LogP contribution in [0, 0.1) is 17.7 Å². The predicted molar refractivity (Wildman–Crippen MR) is 80.9 cm³/mol. The van der Waals surface area contributed by atoms with Gasteiger partial charge in [-0.25, -0.2) is 4.39 Å². The smallest absolute Gasteiger partial charge is 0.123 e. The van der Waals surface area contributed by atoms with Crippen LogP contribution < -0.4 is 4.90 Å². The molecule has 21 heavy (non-hydrogen) atoms. The second-order valence-corrected chi connectivity index (χ2v) is 6.32. The summed E-state index contributed by atoms with van der Waals surface area (Å²) in [5.74, 6) is 0.530. The molecule has 1 N–H and O–H groups in total. The molecule has 1 aromatic carbocycles. The van der Waals surface area contributed by atoms with Gasteiger partial charge in [-0.3, -0.25) is 0 Å². The monoisotopic (exact) mass is 293 g/mol. The highest BCUT2D eigenvalue weighted by molar-refractivity contribution is 5.46. The lowest BCUT2D eigenvalue weighted by atomic mass is 9.72. The second-order valence-electron chi connectivity index (χ2n) is 6.32. The molecule has 4 unspecified atom stereocenters. The van der Waals surface area contributed by atoms with E-state index in [1.165, 1.54) is 12.1 Å². The standard InChI is InChI=1S/C17H24FNO2/c1-19(14-7-5-13(18)6-8-14)16-9-4-12(11-20)17-15(16)3-2-10-21-17/h5-8,12,15-17,20H,2-4,9-11H2,1H3. The van der Waals surface area contributed by atoms with E-state index in [4.69, 9.17) is 4.74 Å². The molecule has 0 bridgehead atoms. The van der Waals surface area contributed by atoms with Crippen molar-refractivity contribution in [3.05, 3.63) is 30.1 Å². The zero-order chi connectivity index (χ0) is 14.8. The third-order valence-corrected chi connectivity index (χ3v) is 5.17. The van der Waals surface area contributed by atoms with Gasteiger partial charge < -0.3 is 14.7 Å². The quantitative estimate of drug-likeness (QED) is 0.930. The zero-order valence-corrected chi connectivity index (χ0v) is 12.5. The maximum absolute atomic E-state index is 13.1. The number of anilines is 1. The van der Waals surface area contributed by atoms with Gasteiger partial charge in [-0.15, -0.1) is 0 Å². The van der Waals surface area contributed by atoms with Crippen LogP contribution in [0.1, 0.15) is 25.7 Å². The number of fused-ring (bicyclic) bond motifs is 1. The highest BCUT2D eigenvalue weighted by Gasteiger charge is 2.42. The topological polar surface area (TPSA) is 32.7 Å². The molecule has 2 fully saturated rings. The predicted octanol–water partition coefficient (Wildman–Crippen LogP) is 2.83. The first-order valence-electron chi connectivity index (χ1n) is 7.91. The summed E-state index contributed by atoms with van der Waals surface area (Å²) in [5.41, 5.74) is 1.05. The number of aliphatic hydroxyl groups excluding tert-OH is 1. The lowest BCUT2D eigenvalue weighted by molar-refractivity contribution is -0.0982. The first-order chi connectivity index (χ1) is 10.2. The van der Waals surface area contributed by atoms with Gasteiger partial charge in [0, 0.05) is 43.8 Å². The molecule has 0 aromatic heterocycles. The number of hydrogen-bond acceptors (Lipinski definition) is 3. The minimum atomic E-state index is -0.199. The van der Waals surface area contributed by atoms with Crippen LogP contribution in [0.2, 0.25) is 0 Å². The van der Waals surface area contributed by atoms with E-state index in [1.807, 2.05) is 12.1 Å². The van der Waals surface area contributed by atoms with E-state index >= 15 is 0 Å². The van der Waals surface area contributed by atoms with Gasteiger partial charge in [0.15, 0.2) is 0 Å². The third kappa shape index (κ3) is 2.92. The highest BCUT2D eigenvalue weighted by Crippen LogP contribution is 2.40. The fraction of sp³-hybridized carbons (Fsp3) is 0.647. The fourth-order valence-electron chi connectivity index (χ4n) is 4.03. The van der Waals surface area contributed by atoms with Crippen molar-refractivity contribution in [3.63, 3.8) is 0 Å². The summed E-state index contributed by atoms with van der Waals surface area (Å²) in [6.07, 6.45) is 4.47. The largest absolute Gasteiger partial charge is 0.396 e. The molecular weight excluding hydrogens is 269 g/mol. The fourth-order valence-corrected chi connectivity index (χ4v) is 4.03.